The Morgan fingerprint density at radius 3 is 1.49 bits per heavy atom. The molecule has 0 unspecified atom stereocenters. The molecule has 0 saturated heterocycles. The van der Waals surface area contributed by atoms with Crippen LogP contribution in [-0.2, 0) is 5.41 Å². The third-order valence-electron chi connectivity index (χ3n) is 15.9. The number of fused-ring (bicyclic) bond motifs is 9. The molecule has 0 aliphatic heterocycles. The van der Waals surface area contributed by atoms with E-state index in [0.717, 1.165) is 72.5 Å². The number of benzene rings is 12. The zero-order valence-corrected chi connectivity index (χ0v) is 41.5. The summed E-state index contributed by atoms with van der Waals surface area (Å²) >= 11 is 0. The molecule has 1 aliphatic carbocycles. The maximum absolute atomic E-state index is 6.51. The number of furan rings is 1. The largest absolute Gasteiger partial charge is 0.455 e. The summed E-state index contributed by atoms with van der Waals surface area (Å²) in [5.41, 5.74) is 22.6. The fourth-order valence-electron chi connectivity index (χ4n) is 12.5. The third kappa shape index (κ3) is 6.83. The van der Waals surface area contributed by atoms with Crippen molar-refractivity contribution >= 4 is 60.8 Å². The molecule has 356 valence electrons. The zero-order chi connectivity index (χ0) is 50.2. The van der Waals surface area contributed by atoms with Crippen molar-refractivity contribution in [2.45, 2.75) is 5.41 Å². The number of aromatic nitrogens is 1. The molecule has 76 heavy (non-hydrogen) atoms. The van der Waals surface area contributed by atoms with Crippen molar-refractivity contribution in [2.75, 3.05) is 4.90 Å². The fraction of sp³-hybridized carbons (Fsp3) is 0.0137. The van der Waals surface area contributed by atoms with E-state index in [-0.39, 0.29) is 0 Å². The number of anilines is 3. The Morgan fingerprint density at radius 1 is 0.303 bits per heavy atom. The van der Waals surface area contributed by atoms with Crippen LogP contribution in [0.1, 0.15) is 22.3 Å². The van der Waals surface area contributed by atoms with E-state index >= 15 is 0 Å². The molecule has 3 heteroatoms. The lowest BCUT2D eigenvalue weighted by Gasteiger charge is -2.33. The number of nitrogens with zero attached hydrogens (tertiary/aromatic N) is 2. The molecule has 0 bridgehead atoms. The van der Waals surface area contributed by atoms with Gasteiger partial charge < -0.3 is 13.9 Å². The lowest BCUT2D eigenvalue weighted by atomic mass is 9.67. The fourth-order valence-corrected chi connectivity index (χ4v) is 12.5. The van der Waals surface area contributed by atoms with Crippen molar-refractivity contribution in [3.05, 3.63) is 313 Å². The number of para-hydroxylation sites is 4. The van der Waals surface area contributed by atoms with Crippen LogP contribution in [0.25, 0.3) is 93.9 Å². The molecule has 2 aromatic heterocycles. The van der Waals surface area contributed by atoms with Gasteiger partial charge in [0.2, 0.25) is 0 Å². The molecule has 12 aromatic carbocycles. The average molecular weight is 969 g/mol. The van der Waals surface area contributed by atoms with Crippen LogP contribution in [0.3, 0.4) is 0 Å². The number of hydrogen-bond acceptors (Lipinski definition) is 2. The van der Waals surface area contributed by atoms with Gasteiger partial charge in [0.1, 0.15) is 11.2 Å². The minimum atomic E-state index is -0.450. The molecule has 0 fully saturated rings. The summed E-state index contributed by atoms with van der Waals surface area (Å²) in [4.78, 5) is 2.38. The van der Waals surface area contributed by atoms with Crippen molar-refractivity contribution in [3.63, 3.8) is 0 Å². The molecule has 0 radical (unpaired) electrons. The molecular weight excluding hydrogens is 921 g/mol. The molecule has 0 spiro atoms. The molecule has 0 atom stereocenters. The molecule has 0 saturated carbocycles. The second-order valence-corrected chi connectivity index (χ2v) is 20.0. The van der Waals surface area contributed by atoms with Gasteiger partial charge in [0.25, 0.3) is 0 Å². The van der Waals surface area contributed by atoms with Gasteiger partial charge in [0.15, 0.2) is 0 Å². The van der Waals surface area contributed by atoms with Gasteiger partial charge in [-0.1, -0.05) is 218 Å². The highest BCUT2D eigenvalue weighted by molar-refractivity contribution is 6.10. The number of hydrogen-bond donors (Lipinski definition) is 0. The van der Waals surface area contributed by atoms with Gasteiger partial charge in [-0.05, 0) is 134 Å². The molecule has 0 N–H and O–H groups in total. The van der Waals surface area contributed by atoms with Crippen molar-refractivity contribution in [3.8, 4) is 50.2 Å². The summed E-state index contributed by atoms with van der Waals surface area (Å²) in [6, 6.07) is 106. The highest BCUT2D eigenvalue weighted by Gasteiger charge is 2.46. The van der Waals surface area contributed by atoms with E-state index in [2.05, 4.69) is 289 Å². The second kappa shape index (κ2) is 17.6. The first-order valence-corrected chi connectivity index (χ1v) is 26.1. The first-order chi connectivity index (χ1) is 37.7. The predicted octanol–water partition coefficient (Wildman–Crippen LogP) is 19.5. The Balaban J connectivity index is 0.827. The van der Waals surface area contributed by atoms with Crippen LogP contribution in [0.4, 0.5) is 17.1 Å². The smallest absolute Gasteiger partial charge is 0.143 e. The first kappa shape index (κ1) is 43.6. The predicted molar refractivity (Wildman–Crippen MR) is 316 cm³/mol. The van der Waals surface area contributed by atoms with Gasteiger partial charge in [-0.2, -0.15) is 0 Å². The highest BCUT2D eigenvalue weighted by atomic mass is 16.3. The summed E-state index contributed by atoms with van der Waals surface area (Å²) in [5, 5.41) is 4.78. The van der Waals surface area contributed by atoms with Crippen molar-refractivity contribution in [1.82, 2.24) is 4.57 Å². The minimum Gasteiger partial charge on any atom is -0.455 e. The second-order valence-electron chi connectivity index (χ2n) is 20.0. The van der Waals surface area contributed by atoms with E-state index in [1.54, 1.807) is 0 Å². The maximum atomic E-state index is 6.51. The average Bonchev–Trinajstić information content (AvgIpc) is 4.27. The van der Waals surface area contributed by atoms with Gasteiger partial charge in [-0.3, -0.25) is 0 Å². The monoisotopic (exact) mass is 968 g/mol. The van der Waals surface area contributed by atoms with E-state index < -0.39 is 5.41 Å². The van der Waals surface area contributed by atoms with Crippen molar-refractivity contribution in [2.24, 2.45) is 0 Å². The highest BCUT2D eigenvalue weighted by Crippen LogP contribution is 2.57. The first-order valence-electron chi connectivity index (χ1n) is 26.1. The molecule has 14 aromatic rings. The van der Waals surface area contributed by atoms with E-state index in [0.29, 0.717) is 0 Å². The van der Waals surface area contributed by atoms with Crippen LogP contribution in [0.5, 0.6) is 0 Å². The van der Waals surface area contributed by atoms with Crippen LogP contribution in [0.2, 0.25) is 0 Å². The SMILES string of the molecule is c1ccc(C2(c3ccccc3)c3ccccc3-c3cc(-c4cccc(N(c5ccc(-c6ccc(-n7c8ccccc8c8ccccc87)cc6)cc5)c5ccc(-c6cccc7c6oc6ccccc67)cc5)c4)ccc32)cc1. The summed E-state index contributed by atoms with van der Waals surface area (Å²) in [6.07, 6.45) is 0. The molecule has 15 rings (SSSR count). The van der Waals surface area contributed by atoms with Gasteiger partial charge in [0, 0.05) is 49.9 Å². The summed E-state index contributed by atoms with van der Waals surface area (Å²) in [6.45, 7) is 0. The van der Waals surface area contributed by atoms with Crippen molar-refractivity contribution in [1.29, 1.82) is 0 Å². The molecule has 2 heterocycles. The lowest BCUT2D eigenvalue weighted by Crippen LogP contribution is -2.28. The van der Waals surface area contributed by atoms with E-state index in [4.69, 9.17) is 4.42 Å². The molecular formula is C73H48N2O. The molecule has 3 nitrogen and oxygen atoms in total. The molecule has 0 amide bonds. The van der Waals surface area contributed by atoms with Gasteiger partial charge in [-0.15, -0.1) is 0 Å². The maximum Gasteiger partial charge on any atom is 0.143 e. The Kier molecular flexibility index (Phi) is 10.1. The van der Waals surface area contributed by atoms with Crippen molar-refractivity contribution < 1.29 is 4.42 Å². The quantitative estimate of drug-likeness (QED) is 0.144. The zero-order valence-electron chi connectivity index (χ0n) is 41.5. The van der Waals surface area contributed by atoms with Gasteiger partial charge in [-0.25, -0.2) is 0 Å². The normalized spacial score (nSPS) is 12.6. The summed E-state index contributed by atoms with van der Waals surface area (Å²) < 4.78 is 8.88. The Morgan fingerprint density at radius 2 is 0.803 bits per heavy atom. The molecule has 1 aliphatic rings. The lowest BCUT2D eigenvalue weighted by molar-refractivity contribution is 0.670. The minimum absolute atomic E-state index is 0.450. The standard InChI is InChI=1S/C73H48N2O/c1-3-18-54(19-4-1)73(55-20-5-2-6-21-55)67-29-11-7-23-61(67)66-48-53(39-46-68(66)73)52-17-15-22-59(47-52)74(57-44-37-51(38-45-57)60-27-16-28-65-64-26-10-14-32-71(64)76-72(60)65)56-40-33-49(34-41-56)50-35-42-58(43-36-50)75-69-30-12-8-24-62(69)63-25-9-13-31-70(63)75/h1-48H. The van der Waals surface area contributed by atoms with Crippen LogP contribution < -0.4 is 4.90 Å². The Hall–Kier alpha value is -9.96. The number of rotatable bonds is 9. The van der Waals surface area contributed by atoms with Gasteiger partial charge >= 0.3 is 0 Å². The topological polar surface area (TPSA) is 21.3 Å². The van der Waals surface area contributed by atoms with E-state index in [9.17, 15) is 0 Å². The summed E-state index contributed by atoms with van der Waals surface area (Å²) in [7, 11) is 0. The van der Waals surface area contributed by atoms with Crippen LogP contribution in [0.15, 0.2) is 296 Å². The van der Waals surface area contributed by atoms with E-state index in [1.165, 1.54) is 60.8 Å². The summed E-state index contributed by atoms with van der Waals surface area (Å²) in [5.74, 6) is 0. The Labute approximate surface area is 441 Å². The van der Waals surface area contributed by atoms with Crippen LogP contribution in [0, 0.1) is 0 Å². The van der Waals surface area contributed by atoms with E-state index in [1.807, 2.05) is 12.1 Å². The van der Waals surface area contributed by atoms with Crippen LogP contribution >= 0.6 is 0 Å². The Bertz CT molecular complexity index is 4400. The van der Waals surface area contributed by atoms with Crippen LogP contribution in [-0.4, -0.2) is 4.57 Å². The van der Waals surface area contributed by atoms with Gasteiger partial charge in [0.05, 0.1) is 16.4 Å². The third-order valence-corrected chi connectivity index (χ3v) is 15.9.